The van der Waals surface area contributed by atoms with Crippen molar-refractivity contribution in [3.05, 3.63) is 47.5 Å². The van der Waals surface area contributed by atoms with Crippen molar-refractivity contribution in [2.75, 3.05) is 39.7 Å². The molecule has 7 nitrogen and oxygen atoms in total. The Balaban J connectivity index is 1.35. The second-order valence-corrected chi connectivity index (χ2v) is 7.41. The molecule has 29 heavy (non-hydrogen) atoms. The van der Waals surface area contributed by atoms with Crippen LogP contribution in [0.2, 0.25) is 0 Å². The van der Waals surface area contributed by atoms with Crippen LogP contribution in [0.25, 0.3) is 0 Å². The minimum Gasteiger partial charge on any atom is -0.493 e. The Hall–Kier alpha value is -2.87. The van der Waals surface area contributed by atoms with Crippen LogP contribution < -0.4 is 24.4 Å². The summed E-state index contributed by atoms with van der Waals surface area (Å²) in [5.74, 6) is 3.77. The van der Waals surface area contributed by atoms with Crippen molar-refractivity contribution in [3.63, 3.8) is 0 Å². The second-order valence-electron chi connectivity index (χ2n) is 6.44. The first-order valence-corrected chi connectivity index (χ1v) is 10.4. The predicted molar refractivity (Wildman–Crippen MR) is 115 cm³/mol. The van der Waals surface area contributed by atoms with Gasteiger partial charge in [0.1, 0.15) is 13.2 Å². The van der Waals surface area contributed by atoms with Gasteiger partial charge in [-0.2, -0.15) is 5.10 Å². The van der Waals surface area contributed by atoms with E-state index in [9.17, 15) is 0 Å². The van der Waals surface area contributed by atoms with E-state index >= 15 is 0 Å². The Kier molecular flexibility index (Phi) is 6.09. The van der Waals surface area contributed by atoms with Gasteiger partial charge in [0.05, 0.1) is 19.9 Å². The van der Waals surface area contributed by atoms with Crippen molar-refractivity contribution < 1.29 is 18.9 Å². The summed E-state index contributed by atoms with van der Waals surface area (Å²) in [6.07, 6.45) is 0.810. The number of nitrogens with zero attached hydrogens (tertiary/aromatic N) is 2. The summed E-state index contributed by atoms with van der Waals surface area (Å²) in [5.41, 5.74) is 6.20. The minimum absolute atomic E-state index is 0.576. The molecule has 0 amide bonds. The SMILES string of the molecule is COc1ccc(CCN=C2NN=C(c3ccc4c(c3)OCCO4)CS2)cc1OC. The highest BCUT2D eigenvalue weighted by Gasteiger charge is 2.17. The first-order valence-electron chi connectivity index (χ1n) is 9.37. The Morgan fingerprint density at radius 3 is 2.62 bits per heavy atom. The largest absolute Gasteiger partial charge is 0.493 e. The average Bonchev–Trinajstić information content (AvgIpc) is 2.79. The van der Waals surface area contributed by atoms with E-state index < -0.39 is 0 Å². The zero-order valence-electron chi connectivity index (χ0n) is 16.4. The molecule has 2 aliphatic heterocycles. The molecule has 0 fully saturated rings. The molecule has 0 saturated carbocycles. The van der Waals surface area contributed by atoms with Crippen LogP contribution in [0.1, 0.15) is 11.1 Å². The van der Waals surface area contributed by atoms with Gasteiger partial charge in [0.2, 0.25) is 0 Å². The molecule has 2 aromatic carbocycles. The first-order chi connectivity index (χ1) is 14.3. The van der Waals surface area contributed by atoms with Crippen LogP contribution in [-0.2, 0) is 6.42 Å². The van der Waals surface area contributed by atoms with Crippen LogP contribution in [0, 0.1) is 0 Å². The number of nitrogens with one attached hydrogen (secondary N) is 1. The summed E-state index contributed by atoms with van der Waals surface area (Å²) < 4.78 is 21.8. The number of hydrogen-bond acceptors (Lipinski definition) is 7. The molecule has 2 aromatic rings. The fourth-order valence-corrected chi connectivity index (χ4v) is 3.89. The van der Waals surface area contributed by atoms with Gasteiger partial charge in [-0.15, -0.1) is 0 Å². The summed E-state index contributed by atoms with van der Waals surface area (Å²) in [7, 11) is 3.27. The number of amidine groups is 1. The van der Waals surface area contributed by atoms with Gasteiger partial charge >= 0.3 is 0 Å². The predicted octanol–water partition coefficient (Wildman–Crippen LogP) is 3.11. The zero-order valence-corrected chi connectivity index (χ0v) is 17.3. The topological polar surface area (TPSA) is 73.7 Å². The highest BCUT2D eigenvalue weighted by atomic mass is 32.2. The van der Waals surface area contributed by atoms with E-state index in [0.29, 0.717) is 19.8 Å². The van der Waals surface area contributed by atoms with Gasteiger partial charge in [0, 0.05) is 17.9 Å². The van der Waals surface area contributed by atoms with Crippen molar-refractivity contribution >= 4 is 22.6 Å². The van der Waals surface area contributed by atoms with Gasteiger partial charge < -0.3 is 18.9 Å². The maximum absolute atomic E-state index is 5.65. The summed E-state index contributed by atoms with van der Waals surface area (Å²) in [5, 5.41) is 5.31. The summed E-state index contributed by atoms with van der Waals surface area (Å²) in [4.78, 5) is 4.62. The molecule has 2 aliphatic rings. The van der Waals surface area contributed by atoms with Crippen molar-refractivity contribution in [1.82, 2.24) is 5.43 Å². The van der Waals surface area contributed by atoms with Gasteiger partial charge in [-0.25, -0.2) is 0 Å². The number of benzene rings is 2. The van der Waals surface area contributed by atoms with Crippen LogP contribution >= 0.6 is 11.8 Å². The molecular formula is C21H23N3O4S. The molecule has 0 bridgehead atoms. The number of thioether (sulfide) groups is 1. The van der Waals surface area contributed by atoms with Crippen LogP contribution in [0.3, 0.4) is 0 Å². The Labute approximate surface area is 174 Å². The number of hydrazone groups is 1. The van der Waals surface area contributed by atoms with Crippen LogP contribution in [0.4, 0.5) is 0 Å². The Morgan fingerprint density at radius 1 is 1.03 bits per heavy atom. The number of ether oxygens (including phenoxy) is 4. The molecule has 0 unspecified atom stereocenters. The molecule has 4 rings (SSSR count). The van der Waals surface area contributed by atoms with E-state index in [1.165, 1.54) is 0 Å². The van der Waals surface area contributed by atoms with Gasteiger partial charge in [-0.1, -0.05) is 17.8 Å². The molecular weight excluding hydrogens is 390 g/mol. The first kappa shape index (κ1) is 19.4. The molecule has 0 aromatic heterocycles. The fourth-order valence-electron chi connectivity index (χ4n) is 3.09. The van der Waals surface area contributed by atoms with E-state index in [1.807, 2.05) is 36.4 Å². The number of methoxy groups -OCH3 is 2. The van der Waals surface area contributed by atoms with Crippen molar-refractivity contribution in [1.29, 1.82) is 0 Å². The van der Waals surface area contributed by atoms with Gasteiger partial charge in [0.15, 0.2) is 28.2 Å². The van der Waals surface area contributed by atoms with Gasteiger partial charge in [-0.3, -0.25) is 10.4 Å². The molecule has 2 heterocycles. The third-order valence-corrected chi connectivity index (χ3v) is 5.52. The lowest BCUT2D eigenvalue weighted by Gasteiger charge is -2.20. The highest BCUT2D eigenvalue weighted by molar-refractivity contribution is 8.14. The lowest BCUT2D eigenvalue weighted by molar-refractivity contribution is 0.171. The fraction of sp³-hybridized carbons (Fsp3) is 0.333. The van der Waals surface area contributed by atoms with E-state index in [-0.39, 0.29) is 0 Å². The molecule has 8 heteroatoms. The minimum atomic E-state index is 0.576. The number of rotatable bonds is 6. The number of fused-ring (bicyclic) bond motifs is 1. The molecule has 0 atom stereocenters. The van der Waals surface area contributed by atoms with E-state index in [1.54, 1.807) is 26.0 Å². The normalized spacial score (nSPS) is 16.8. The Morgan fingerprint density at radius 2 is 1.86 bits per heavy atom. The van der Waals surface area contributed by atoms with Gasteiger partial charge in [0.25, 0.3) is 0 Å². The van der Waals surface area contributed by atoms with Crippen LogP contribution in [0.5, 0.6) is 23.0 Å². The zero-order chi connectivity index (χ0) is 20.1. The average molecular weight is 413 g/mol. The van der Waals surface area contributed by atoms with Crippen LogP contribution in [-0.4, -0.2) is 50.6 Å². The molecule has 1 N–H and O–H groups in total. The lowest BCUT2D eigenvalue weighted by Crippen LogP contribution is -2.26. The summed E-state index contributed by atoms with van der Waals surface area (Å²) >= 11 is 1.64. The standard InChI is InChI=1S/C21H23N3O4S/c1-25-17-5-3-14(11-19(17)26-2)7-8-22-21-24-23-16(13-29-21)15-4-6-18-20(12-15)28-10-9-27-18/h3-6,11-12H,7-10,13H2,1-2H3,(H,22,24). The number of aliphatic imine (C=N–C) groups is 1. The summed E-state index contributed by atoms with van der Waals surface area (Å²) in [6, 6.07) is 11.9. The maximum Gasteiger partial charge on any atom is 0.177 e. The molecule has 152 valence electrons. The number of hydrogen-bond donors (Lipinski definition) is 1. The van der Waals surface area contributed by atoms with Crippen molar-refractivity contribution in [3.8, 4) is 23.0 Å². The Bertz CT molecular complexity index is 946. The quantitative estimate of drug-likeness (QED) is 0.785. The van der Waals surface area contributed by atoms with E-state index in [0.717, 1.165) is 57.2 Å². The van der Waals surface area contributed by atoms with Gasteiger partial charge in [-0.05, 0) is 42.3 Å². The van der Waals surface area contributed by atoms with Crippen molar-refractivity contribution in [2.24, 2.45) is 10.1 Å². The van der Waals surface area contributed by atoms with Crippen molar-refractivity contribution in [2.45, 2.75) is 6.42 Å². The molecule has 0 aliphatic carbocycles. The molecule has 0 saturated heterocycles. The maximum atomic E-state index is 5.65. The lowest BCUT2D eigenvalue weighted by atomic mass is 10.1. The second kappa shape index (κ2) is 9.09. The molecule has 0 radical (unpaired) electrons. The summed E-state index contributed by atoms with van der Waals surface area (Å²) in [6.45, 7) is 1.83. The molecule has 0 spiro atoms. The smallest absolute Gasteiger partial charge is 0.177 e. The van der Waals surface area contributed by atoms with E-state index in [4.69, 9.17) is 18.9 Å². The monoisotopic (exact) mass is 413 g/mol. The third-order valence-electron chi connectivity index (χ3n) is 4.61. The third kappa shape index (κ3) is 4.59. The van der Waals surface area contributed by atoms with Crippen LogP contribution in [0.15, 0.2) is 46.5 Å². The highest BCUT2D eigenvalue weighted by Crippen LogP contribution is 2.31. The van der Waals surface area contributed by atoms with E-state index in [2.05, 4.69) is 15.5 Å².